The summed E-state index contributed by atoms with van der Waals surface area (Å²) in [5, 5.41) is 0. The number of aromatic nitrogens is 1. The standard InChI is InChI=1S/C36H30N2O4S2/c1-3-41-35(40)31-32(26-12-8-5-9-13-26)37-36-38(33(31)27-16-20-29(43-2)21-17-27)34(39)30(44-36)22-24-14-18-28(19-15-24)42-23-25-10-6-4-7-11-25/h4-22,33H,3,23H2,1-2H3/b30-22-/t33-/m0/s1. The Hall–Kier alpha value is -4.66. The minimum Gasteiger partial charge on any atom is -0.489 e. The van der Waals surface area contributed by atoms with Gasteiger partial charge in [0.25, 0.3) is 5.56 Å². The van der Waals surface area contributed by atoms with E-state index in [1.54, 1.807) is 23.3 Å². The topological polar surface area (TPSA) is 69.9 Å². The predicted molar refractivity (Wildman–Crippen MR) is 176 cm³/mol. The van der Waals surface area contributed by atoms with Crippen molar-refractivity contribution in [2.45, 2.75) is 24.5 Å². The summed E-state index contributed by atoms with van der Waals surface area (Å²) in [6.45, 7) is 2.46. The highest BCUT2D eigenvalue weighted by Crippen LogP contribution is 2.35. The molecule has 0 aliphatic carbocycles. The Labute approximate surface area is 263 Å². The van der Waals surface area contributed by atoms with Crippen LogP contribution < -0.4 is 19.6 Å². The van der Waals surface area contributed by atoms with Crippen molar-refractivity contribution in [1.82, 2.24) is 4.57 Å². The Morgan fingerprint density at radius 1 is 0.932 bits per heavy atom. The molecule has 0 spiro atoms. The Morgan fingerprint density at radius 2 is 1.61 bits per heavy atom. The first-order valence-corrected chi connectivity index (χ1v) is 16.3. The number of hydrogen-bond donors (Lipinski definition) is 0. The largest absolute Gasteiger partial charge is 0.489 e. The van der Waals surface area contributed by atoms with E-state index in [0.717, 1.165) is 32.9 Å². The summed E-state index contributed by atoms with van der Waals surface area (Å²) in [4.78, 5) is 34.2. The molecule has 1 aliphatic rings. The molecule has 1 atom stereocenters. The zero-order valence-corrected chi connectivity index (χ0v) is 25.9. The van der Waals surface area contributed by atoms with Crippen LogP contribution in [0.3, 0.4) is 0 Å². The molecule has 5 aromatic rings. The average molecular weight is 619 g/mol. The molecule has 1 aromatic heterocycles. The van der Waals surface area contributed by atoms with Crippen LogP contribution in [0.25, 0.3) is 11.8 Å². The van der Waals surface area contributed by atoms with E-state index in [4.69, 9.17) is 14.5 Å². The SMILES string of the molecule is CCOC(=O)C1=C(c2ccccc2)N=c2s/c(=C\c3ccc(OCc4ccccc4)cc3)c(=O)n2[C@H]1c1ccc(SC)cc1. The van der Waals surface area contributed by atoms with E-state index >= 15 is 0 Å². The number of thiazole rings is 1. The van der Waals surface area contributed by atoms with Gasteiger partial charge in [-0.1, -0.05) is 96.3 Å². The maximum atomic E-state index is 14.1. The third-order valence-corrected chi connectivity index (χ3v) is 8.96. The van der Waals surface area contributed by atoms with Crippen molar-refractivity contribution in [1.29, 1.82) is 0 Å². The highest BCUT2D eigenvalue weighted by Gasteiger charge is 2.35. The number of thioether (sulfide) groups is 1. The number of fused-ring (bicyclic) bond motifs is 1. The zero-order chi connectivity index (χ0) is 30.5. The van der Waals surface area contributed by atoms with Gasteiger partial charge in [-0.15, -0.1) is 11.8 Å². The van der Waals surface area contributed by atoms with Gasteiger partial charge in [-0.25, -0.2) is 9.79 Å². The van der Waals surface area contributed by atoms with Crippen molar-refractivity contribution in [2.75, 3.05) is 12.9 Å². The van der Waals surface area contributed by atoms with Gasteiger partial charge in [-0.2, -0.15) is 0 Å². The molecule has 0 unspecified atom stereocenters. The number of nitrogens with zero attached hydrogens (tertiary/aromatic N) is 2. The second-order valence-electron chi connectivity index (χ2n) is 10.0. The van der Waals surface area contributed by atoms with Crippen molar-refractivity contribution in [3.05, 3.63) is 157 Å². The van der Waals surface area contributed by atoms with Crippen LogP contribution >= 0.6 is 23.1 Å². The van der Waals surface area contributed by atoms with Gasteiger partial charge in [-0.05, 0) is 60.2 Å². The molecule has 8 heteroatoms. The predicted octanol–water partition coefficient (Wildman–Crippen LogP) is 6.24. The molecule has 0 saturated carbocycles. The Morgan fingerprint density at radius 3 is 2.27 bits per heavy atom. The average Bonchev–Trinajstić information content (AvgIpc) is 3.38. The van der Waals surface area contributed by atoms with Gasteiger partial charge in [0.05, 0.1) is 28.5 Å². The van der Waals surface area contributed by atoms with E-state index in [0.29, 0.717) is 27.2 Å². The normalized spacial score (nSPS) is 14.6. The van der Waals surface area contributed by atoms with Crippen LogP contribution in [-0.2, 0) is 16.1 Å². The number of benzene rings is 4. The molecular formula is C36H30N2O4S2. The van der Waals surface area contributed by atoms with Crippen molar-refractivity contribution < 1.29 is 14.3 Å². The summed E-state index contributed by atoms with van der Waals surface area (Å²) in [6, 6.07) is 34.5. The highest BCUT2D eigenvalue weighted by molar-refractivity contribution is 7.98. The molecule has 4 aromatic carbocycles. The van der Waals surface area contributed by atoms with E-state index in [1.165, 1.54) is 11.3 Å². The van der Waals surface area contributed by atoms with Crippen LogP contribution in [-0.4, -0.2) is 23.4 Å². The number of hydrogen-bond acceptors (Lipinski definition) is 7. The smallest absolute Gasteiger partial charge is 0.338 e. The summed E-state index contributed by atoms with van der Waals surface area (Å²) in [5.41, 5.74) is 4.17. The lowest BCUT2D eigenvalue weighted by Crippen LogP contribution is -2.40. The summed E-state index contributed by atoms with van der Waals surface area (Å²) in [6.07, 6.45) is 3.87. The summed E-state index contributed by atoms with van der Waals surface area (Å²) in [5.74, 6) is 0.252. The quantitative estimate of drug-likeness (QED) is 0.145. The molecule has 44 heavy (non-hydrogen) atoms. The van der Waals surface area contributed by atoms with Gasteiger partial charge in [-0.3, -0.25) is 9.36 Å². The first-order valence-electron chi connectivity index (χ1n) is 14.2. The van der Waals surface area contributed by atoms with Crippen molar-refractivity contribution in [3.63, 3.8) is 0 Å². The summed E-state index contributed by atoms with van der Waals surface area (Å²) >= 11 is 2.94. The van der Waals surface area contributed by atoms with E-state index < -0.39 is 12.0 Å². The van der Waals surface area contributed by atoms with Crippen LogP contribution in [0.2, 0.25) is 0 Å². The fourth-order valence-electron chi connectivity index (χ4n) is 5.09. The monoisotopic (exact) mass is 618 g/mol. The van der Waals surface area contributed by atoms with Crippen molar-refractivity contribution in [2.24, 2.45) is 4.99 Å². The molecule has 0 saturated heterocycles. The third-order valence-electron chi connectivity index (χ3n) is 7.23. The Balaban J connectivity index is 1.45. The molecule has 0 fully saturated rings. The number of rotatable bonds is 9. The molecule has 0 radical (unpaired) electrons. The van der Waals surface area contributed by atoms with E-state index in [1.807, 2.05) is 122 Å². The van der Waals surface area contributed by atoms with Gasteiger partial charge in [0, 0.05) is 10.5 Å². The lowest BCUT2D eigenvalue weighted by atomic mass is 9.93. The fourth-order valence-corrected chi connectivity index (χ4v) is 6.50. The van der Waals surface area contributed by atoms with Gasteiger partial charge in [0.15, 0.2) is 4.80 Å². The van der Waals surface area contributed by atoms with E-state index in [-0.39, 0.29) is 12.2 Å². The molecule has 1 aliphatic heterocycles. The molecule has 0 amide bonds. The molecule has 0 N–H and O–H groups in total. The number of carbonyl (C=O) groups excluding carboxylic acids is 1. The molecule has 6 nitrogen and oxygen atoms in total. The zero-order valence-electron chi connectivity index (χ0n) is 24.3. The Kier molecular flexibility index (Phi) is 8.91. The molecule has 2 heterocycles. The van der Waals surface area contributed by atoms with Crippen LogP contribution in [0.4, 0.5) is 0 Å². The van der Waals surface area contributed by atoms with Crippen LogP contribution in [0.5, 0.6) is 5.75 Å². The minimum atomic E-state index is -0.702. The van der Waals surface area contributed by atoms with Gasteiger partial charge >= 0.3 is 5.97 Å². The van der Waals surface area contributed by atoms with Crippen LogP contribution in [0, 0.1) is 0 Å². The first-order chi connectivity index (χ1) is 21.6. The molecule has 0 bridgehead atoms. The summed E-state index contributed by atoms with van der Waals surface area (Å²) < 4.78 is 13.6. The Bertz CT molecular complexity index is 1980. The van der Waals surface area contributed by atoms with Crippen LogP contribution in [0.15, 0.2) is 129 Å². The molecule has 6 rings (SSSR count). The lowest BCUT2D eigenvalue weighted by Gasteiger charge is -2.26. The van der Waals surface area contributed by atoms with Gasteiger partial charge in [0.2, 0.25) is 0 Å². The van der Waals surface area contributed by atoms with Crippen molar-refractivity contribution in [3.8, 4) is 5.75 Å². The molecular weight excluding hydrogens is 589 g/mol. The maximum absolute atomic E-state index is 14.1. The van der Waals surface area contributed by atoms with Gasteiger partial charge in [0.1, 0.15) is 12.4 Å². The van der Waals surface area contributed by atoms with Gasteiger partial charge < -0.3 is 9.47 Å². The van der Waals surface area contributed by atoms with E-state index in [2.05, 4.69) is 0 Å². The highest BCUT2D eigenvalue weighted by atomic mass is 32.2. The van der Waals surface area contributed by atoms with Crippen LogP contribution in [0.1, 0.15) is 35.2 Å². The lowest BCUT2D eigenvalue weighted by molar-refractivity contribution is -0.138. The van der Waals surface area contributed by atoms with Crippen molar-refractivity contribution >= 4 is 40.8 Å². The fraction of sp³-hybridized carbons (Fsp3) is 0.139. The minimum absolute atomic E-state index is 0.206. The number of carbonyl (C=O) groups is 1. The number of ether oxygens (including phenoxy) is 2. The number of esters is 1. The second kappa shape index (κ2) is 13.3. The van der Waals surface area contributed by atoms with E-state index in [9.17, 15) is 9.59 Å². The summed E-state index contributed by atoms with van der Waals surface area (Å²) in [7, 11) is 0. The molecule has 220 valence electrons. The maximum Gasteiger partial charge on any atom is 0.338 e. The first kappa shape index (κ1) is 29.4. The third kappa shape index (κ3) is 6.18. The second-order valence-corrected chi connectivity index (χ2v) is 11.9.